The molecule has 1 N–H and O–H groups in total. The summed E-state index contributed by atoms with van der Waals surface area (Å²) in [4.78, 5) is 12.4. The first-order valence-electron chi connectivity index (χ1n) is 9.16. The Morgan fingerprint density at radius 3 is 2.62 bits per heavy atom. The molecule has 0 spiro atoms. The fourth-order valence-corrected chi connectivity index (χ4v) is 3.54. The van der Waals surface area contributed by atoms with Crippen molar-refractivity contribution >= 4 is 15.7 Å². The molecule has 1 atom stereocenters. The van der Waals surface area contributed by atoms with Gasteiger partial charge in [-0.05, 0) is 19.8 Å². The summed E-state index contributed by atoms with van der Waals surface area (Å²) in [6.45, 7) is 1.51. The van der Waals surface area contributed by atoms with Crippen LogP contribution in [0.15, 0.2) is 45.3 Å². The van der Waals surface area contributed by atoms with Gasteiger partial charge in [0.15, 0.2) is 9.84 Å². The van der Waals surface area contributed by atoms with Gasteiger partial charge in [0.1, 0.15) is 10.9 Å². The zero-order valence-corrected chi connectivity index (χ0v) is 16.7. The van der Waals surface area contributed by atoms with Crippen molar-refractivity contribution in [1.82, 2.24) is 20.7 Å². The van der Waals surface area contributed by atoms with E-state index in [0.29, 0.717) is 24.4 Å². The van der Waals surface area contributed by atoms with Crippen molar-refractivity contribution in [3.05, 3.63) is 53.9 Å². The van der Waals surface area contributed by atoms with E-state index in [0.717, 1.165) is 11.8 Å². The van der Waals surface area contributed by atoms with Gasteiger partial charge in [0.25, 0.3) is 5.91 Å². The number of carbonyl (C=O) groups is 1. The number of nitrogens with one attached hydrogen (secondary N) is 1. The van der Waals surface area contributed by atoms with Gasteiger partial charge < -0.3 is 14.3 Å². The zero-order valence-electron chi connectivity index (χ0n) is 15.9. The lowest BCUT2D eigenvalue weighted by molar-refractivity contribution is 0.0865. The first-order chi connectivity index (χ1) is 13.8. The predicted molar refractivity (Wildman–Crippen MR) is 103 cm³/mol. The van der Waals surface area contributed by atoms with Gasteiger partial charge in [-0.3, -0.25) is 4.79 Å². The summed E-state index contributed by atoms with van der Waals surface area (Å²) in [6.07, 6.45) is 2.38. The normalized spacial score (nSPS) is 20.1. The minimum Gasteiger partial charge on any atom is -0.424 e. The summed E-state index contributed by atoms with van der Waals surface area (Å²) < 4.78 is 33.9. The lowest BCUT2D eigenvalue weighted by Crippen LogP contribution is -2.43. The van der Waals surface area contributed by atoms with Gasteiger partial charge in [0.2, 0.25) is 17.5 Å². The van der Waals surface area contributed by atoms with Crippen LogP contribution in [0, 0.1) is 0 Å². The van der Waals surface area contributed by atoms with Crippen molar-refractivity contribution in [3.8, 4) is 11.3 Å². The van der Waals surface area contributed by atoms with Crippen molar-refractivity contribution in [2.75, 3.05) is 6.26 Å². The molecule has 1 unspecified atom stereocenters. The number of hydrogen-bond acceptors (Lipinski definition) is 8. The maximum absolute atomic E-state index is 12.4. The van der Waals surface area contributed by atoms with Crippen LogP contribution in [-0.2, 0) is 9.84 Å². The molecule has 1 fully saturated rings. The van der Waals surface area contributed by atoms with Crippen LogP contribution >= 0.6 is 0 Å². The van der Waals surface area contributed by atoms with E-state index in [1.165, 1.54) is 6.92 Å². The molecule has 1 amide bonds. The van der Waals surface area contributed by atoms with E-state index in [1.807, 2.05) is 30.3 Å². The van der Waals surface area contributed by atoms with Gasteiger partial charge in [-0.25, -0.2) is 8.42 Å². The third-order valence-corrected chi connectivity index (χ3v) is 6.56. The van der Waals surface area contributed by atoms with Crippen LogP contribution in [0.4, 0.5) is 0 Å². The van der Waals surface area contributed by atoms with Gasteiger partial charge in [-0.2, -0.15) is 0 Å². The topological polar surface area (TPSA) is 128 Å². The Bertz CT molecular complexity index is 1120. The van der Waals surface area contributed by atoms with Crippen LogP contribution in [-0.4, -0.2) is 42.0 Å². The highest BCUT2D eigenvalue weighted by molar-refractivity contribution is 7.90. The minimum absolute atomic E-state index is 0.0112. The lowest BCUT2D eigenvalue weighted by atomic mass is 9.80. The first kappa shape index (κ1) is 19.3. The van der Waals surface area contributed by atoms with Gasteiger partial charge >= 0.3 is 0 Å². The molecule has 1 aliphatic carbocycles. The molecule has 0 aliphatic heterocycles. The zero-order chi connectivity index (χ0) is 20.6. The molecule has 0 bridgehead atoms. The molecule has 2 aromatic heterocycles. The number of rotatable bonds is 6. The van der Waals surface area contributed by atoms with E-state index in [2.05, 4.69) is 20.7 Å². The van der Waals surface area contributed by atoms with Crippen LogP contribution in [0.5, 0.6) is 0 Å². The van der Waals surface area contributed by atoms with Gasteiger partial charge in [0, 0.05) is 29.8 Å². The summed E-state index contributed by atoms with van der Waals surface area (Å²) in [5.41, 5.74) is 1.47. The largest absolute Gasteiger partial charge is 0.424 e. The quantitative estimate of drug-likeness (QED) is 0.649. The summed E-state index contributed by atoms with van der Waals surface area (Å²) in [7, 11) is -3.30. The highest BCUT2D eigenvalue weighted by Crippen LogP contribution is 2.37. The molecule has 3 aromatic rings. The van der Waals surface area contributed by atoms with Crippen LogP contribution in [0.1, 0.15) is 53.3 Å². The van der Waals surface area contributed by atoms with Crippen molar-refractivity contribution in [2.24, 2.45) is 0 Å². The van der Waals surface area contributed by atoms with E-state index >= 15 is 0 Å². The Morgan fingerprint density at radius 2 is 1.93 bits per heavy atom. The maximum atomic E-state index is 12.4. The highest BCUT2D eigenvalue weighted by Gasteiger charge is 2.36. The third kappa shape index (κ3) is 4.07. The van der Waals surface area contributed by atoms with Crippen molar-refractivity contribution in [2.45, 2.75) is 37.0 Å². The number of hydrogen-bond donors (Lipinski definition) is 1. The molecule has 1 aliphatic rings. The second-order valence-electron chi connectivity index (χ2n) is 7.23. The van der Waals surface area contributed by atoms with E-state index in [-0.39, 0.29) is 29.5 Å². The Morgan fingerprint density at radius 1 is 1.21 bits per heavy atom. The second kappa shape index (κ2) is 7.43. The van der Waals surface area contributed by atoms with Gasteiger partial charge in [-0.1, -0.05) is 35.5 Å². The molecule has 29 heavy (non-hydrogen) atoms. The summed E-state index contributed by atoms with van der Waals surface area (Å²) in [5.74, 6) is 0.287. The van der Waals surface area contributed by atoms with Gasteiger partial charge in [0.05, 0.1) is 0 Å². The molecule has 1 aromatic carbocycles. The fraction of sp³-hybridized carbons (Fsp3) is 0.368. The molecule has 1 saturated carbocycles. The van der Waals surface area contributed by atoms with E-state index < -0.39 is 15.1 Å². The fourth-order valence-electron chi connectivity index (χ4n) is 3.08. The van der Waals surface area contributed by atoms with Crippen LogP contribution in [0.3, 0.4) is 0 Å². The van der Waals surface area contributed by atoms with E-state index in [9.17, 15) is 13.2 Å². The number of aromatic nitrogens is 3. The van der Waals surface area contributed by atoms with E-state index in [1.54, 1.807) is 6.07 Å². The summed E-state index contributed by atoms with van der Waals surface area (Å²) in [5, 5.41) is 13.8. The van der Waals surface area contributed by atoms with Crippen LogP contribution < -0.4 is 5.32 Å². The highest BCUT2D eigenvalue weighted by atomic mass is 32.2. The van der Waals surface area contributed by atoms with Gasteiger partial charge in [-0.15, -0.1) is 10.2 Å². The Kier molecular flexibility index (Phi) is 4.95. The number of sulfone groups is 1. The number of amides is 1. The number of nitrogens with zero attached hydrogens (tertiary/aromatic N) is 3. The van der Waals surface area contributed by atoms with E-state index in [4.69, 9.17) is 8.94 Å². The SMILES string of the molecule is CC(c1nnc([C@H]2C[C@H](NC(=O)c3cc(-c4ccccc4)no3)C2)o1)S(C)(=O)=O. The smallest absolute Gasteiger partial charge is 0.290 e. The molecular formula is C19H20N4O5S. The molecule has 4 rings (SSSR count). The molecule has 0 radical (unpaired) electrons. The lowest BCUT2D eigenvalue weighted by Gasteiger charge is -2.33. The Labute approximate surface area is 167 Å². The second-order valence-corrected chi connectivity index (χ2v) is 9.60. The number of benzene rings is 1. The Balaban J connectivity index is 1.33. The number of carbonyl (C=O) groups excluding carboxylic acids is 1. The van der Waals surface area contributed by atoms with Crippen molar-refractivity contribution in [3.63, 3.8) is 0 Å². The average Bonchev–Trinajstić information content (AvgIpc) is 3.33. The average molecular weight is 416 g/mol. The van der Waals surface area contributed by atoms with Crippen molar-refractivity contribution < 1.29 is 22.2 Å². The predicted octanol–water partition coefficient (Wildman–Crippen LogP) is 2.51. The summed E-state index contributed by atoms with van der Waals surface area (Å²) >= 11 is 0. The molecule has 152 valence electrons. The molecular weight excluding hydrogens is 396 g/mol. The van der Waals surface area contributed by atoms with Crippen LogP contribution in [0.2, 0.25) is 0 Å². The third-order valence-electron chi connectivity index (χ3n) is 5.07. The monoisotopic (exact) mass is 416 g/mol. The molecule has 2 heterocycles. The summed E-state index contributed by atoms with van der Waals surface area (Å²) in [6, 6.07) is 11.0. The van der Waals surface area contributed by atoms with Crippen LogP contribution in [0.25, 0.3) is 11.3 Å². The standard InChI is InChI=1S/C19H20N4O5S/c1-11(29(2,25)26)18-21-22-19(27-18)13-8-14(9-13)20-17(24)16-10-15(23-28-16)12-6-4-3-5-7-12/h3-7,10-11,13-14H,8-9H2,1-2H3,(H,20,24)/t11?,13-,14-. The Hall–Kier alpha value is -3.01. The molecule has 0 saturated heterocycles. The maximum Gasteiger partial charge on any atom is 0.290 e. The van der Waals surface area contributed by atoms with Crippen molar-refractivity contribution in [1.29, 1.82) is 0 Å². The molecule has 9 nitrogen and oxygen atoms in total. The first-order valence-corrected chi connectivity index (χ1v) is 11.1. The molecule has 10 heteroatoms. The minimum atomic E-state index is -3.30.